The molecule has 0 aliphatic heterocycles. The van der Waals surface area contributed by atoms with Crippen LogP contribution >= 0.6 is 0 Å². The Bertz CT molecular complexity index is 755. The standard InChI is InChI=1S/C16H20N4O6/c1-10(16(23)24)20(7-6-17-11(2)21)14(22)4-3-13-18-15(19-26-13)12-5-8-25-9-12/h5,8-10H,3-4,6-7H2,1-2H3,(H,17,21)(H,23,24). The molecule has 2 heterocycles. The van der Waals surface area contributed by atoms with E-state index >= 15 is 0 Å². The second-order valence-electron chi connectivity index (χ2n) is 5.61. The van der Waals surface area contributed by atoms with Gasteiger partial charge in [-0.25, -0.2) is 4.79 Å². The molecule has 0 saturated heterocycles. The molecule has 0 aromatic carbocycles. The second-order valence-corrected chi connectivity index (χ2v) is 5.61. The fourth-order valence-corrected chi connectivity index (χ4v) is 2.24. The molecular weight excluding hydrogens is 344 g/mol. The van der Waals surface area contributed by atoms with E-state index in [1.807, 2.05) is 0 Å². The first-order valence-electron chi connectivity index (χ1n) is 8.00. The Kier molecular flexibility index (Phi) is 6.48. The number of carboxylic acid groups (broad SMARTS) is 1. The van der Waals surface area contributed by atoms with Crippen molar-refractivity contribution in [3.8, 4) is 11.4 Å². The highest BCUT2D eigenvalue weighted by Crippen LogP contribution is 2.16. The molecule has 1 unspecified atom stereocenters. The summed E-state index contributed by atoms with van der Waals surface area (Å²) in [7, 11) is 0. The summed E-state index contributed by atoms with van der Waals surface area (Å²) < 4.78 is 10.0. The van der Waals surface area contributed by atoms with E-state index in [0.29, 0.717) is 11.4 Å². The number of aromatic nitrogens is 2. The molecule has 0 fully saturated rings. The van der Waals surface area contributed by atoms with Crippen LogP contribution in [0.3, 0.4) is 0 Å². The number of hydrogen-bond donors (Lipinski definition) is 2. The van der Waals surface area contributed by atoms with Crippen LogP contribution in [-0.2, 0) is 20.8 Å². The zero-order valence-electron chi connectivity index (χ0n) is 14.5. The first-order chi connectivity index (χ1) is 12.4. The van der Waals surface area contributed by atoms with Gasteiger partial charge in [0.15, 0.2) is 0 Å². The number of carbonyl (C=O) groups is 3. The third kappa shape index (κ3) is 5.16. The Morgan fingerprint density at radius 2 is 2.15 bits per heavy atom. The summed E-state index contributed by atoms with van der Waals surface area (Å²) in [5.74, 6) is -1.14. The van der Waals surface area contributed by atoms with Crippen molar-refractivity contribution in [2.45, 2.75) is 32.7 Å². The third-order valence-corrected chi connectivity index (χ3v) is 3.67. The van der Waals surface area contributed by atoms with Gasteiger partial charge in [-0.2, -0.15) is 4.98 Å². The van der Waals surface area contributed by atoms with Crippen LogP contribution in [0.4, 0.5) is 0 Å². The first-order valence-corrected chi connectivity index (χ1v) is 8.00. The van der Waals surface area contributed by atoms with Crippen molar-refractivity contribution in [1.29, 1.82) is 0 Å². The molecule has 2 aromatic rings. The molecule has 140 valence electrons. The summed E-state index contributed by atoms with van der Waals surface area (Å²) in [4.78, 5) is 40.0. The fraction of sp³-hybridized carbons (Fsp3) is 0.438. The number of furan rings is 1. The van der Waals surface area contributed by atoms with Crippen molar-refractivity contribution in [1.82, 2.24) is 20.4 Å². The molecule has 0 spiro atoms. The Morgan fingerprint density at radius 1 is 1.38 bits per heavy atom. The summed E-state index contributed by atoms with van der Waals surface area (Å²) in [6, 6.07) is 0.665. The molecule has 10 heteroatoms. The molecule has 2 rings (SSSR count). The minimum atomic E-state index is -1.12. The van der Waals surface area contributed by atoms with Gasteiger partial charge < -0.3 is 24.3 Å². The van der Waals surface area contributed by atoms with Gasteiger partial charge in [-0.1, -0.05) is 5.16 Å². The molecule has 1 atom stereocenters. The largest absolute Gasteiger partial charge is 0.480 e. The Balaban J connectivity index is 1.95. The molecule has 0 aliphatic rings. The number of aryl methyl sites for hydroxylation is 1. The van der Waals surface area contributed by atoms with Gasteiger partial charge in [0.05, 0.1) is 11.8 Å². The summed E-state index contributed by atoms with van der Waals surface area (Å²) in [6.07, 6.45) is 3.13. The van der Waals surface area contributed by atoms with Crippen LogP contribution < -0.4 is 5.32 Å². The molecular formula is C16H20N4O6. The number of nitrogens with one attached hydrogen (secondary N) is 1. The van der Waals surface area contributed by atoms with Gasteiger partial charge in [-0.05, 0) is 13.0 Å². The van der Waals surface area contributed by atoms with Crippen LogP contribution in [0.2, 0.25) is 0 Å². The van der Waals surface area contributed by atoms with Crippen LogP contribution in [0.5, 0.6) is 0 Å². The quantitative estimate of drug-likeness (QED) is 0.663. The molecule has 0 bridgehead atoms. The predicted octanol–water partition coefficient (Wildman–Crippen LogP) is 0.700. The smallest absolute Gasteiger partial charge is 0.326 e. The maximum Gasteiger partial charge on any atom is 0.326 e. The normalized spacial score (nSPS) is 11.8. The summed E-state index contributed by atoms with van der Waals surface area (Å²) in [5.41, 5.74) is 0.655. The van der Waals surface area contributed by atoms with Crippen molar-refractivity contribution in [3.05, 3.63) is 24.5 Å². The van der Waals surface area contributed by atoms with E-state index in [0.717, 1.165) is 0 Å². The van der Waals surface area contributed by atoms with Crippen molar-refractivity contribution >= 4 is 17.8 Å². The van der Waals surface area contributed by atoms with Gasteiger partial charge in [-0.3, -0.25) is 9.59 Å². The number of amides is 2. The van der Waals surface area contributed by atoms with Gasteiger partial charge in [-0.15, -0.1) is 0 Å². The van der Waals surface area contributed by atoms with Crippen LogP contribution in [-0.4, -0.2) is 57.1 Å². The van der Waals surface area contributed by atoms with E-state index in [1.165, 1.54) is 31.3 Å². The molecule has 26 heavy (non-hydrogen) atoms. The molecule has 0 saturated carbocycles. The van der Waals surface area contributed by atoms with Crippen molar-refractivity contribution in [2.75, 3.05) is 13.1 Å². The summed E-state index contributed by atoms with van der Waals surface area (Å²) >= 11 is 0. The fourth-order valence-electron chi connectivity index (χ4n) is 2.24. The monoisotopic (exact) mass is 364 g/mol. The maximum atomic E-state index is 12.4. The summed E-state index contributed by atoms with van der Waals surface area (Å²) in [5, 5.41) is 15.5. The second kappa shape index (κ2) is 8.79. The minimum absolute atomic E-state index is 0.00467. The molecule has 0 radical (unpaired) electrons. The lowest BCUT2D eigenvalue weighted by atomic mass is 10.2. The highest BCUT2D eigenvalue weighted by Gasteiger charge is 2.25. The number of hydrogen-bond acceptors (Lipinski definition) is 7. The average Bonchev–Trinajstić information content (AvgIpc) is 3.26. The lowest BCUT2D eigenvalue weighted by Gasteiger charge is -2.26. The van der Waals surface area contributed by atoms with Gasteiger partial charge in [0.25, 0.3) is 0 Å². The van der Waals surface area contributed by atoms with Gasteiger partial charge in [0, 0.05) is 32.9 Å². The Labute approximate surface area is 149 Å². The van der Waals surface area contributed by atoms with E-state index in [1.54, 1.807) is 6.07 Å². The van der Waals surface area contributed by atoms with Crippen molar-refractivity contribution < 1.29 is 28.4 Å². The van der Waals surface area contributed by atoms with E-state index in [4.69, 9.17) is 8.94 Å². The third-order valence-electron chi connectivity index (χ3n) is 3.67. The predicted molar refractivity (Wildman–Crippen MR) is 87.8 cm³/mol. The van der Waals surface area contributed by atoms with E-state index < -0.39 is 12.0 Å². The molecule has 2 N–H and O–H groups in total. The van der Waals surface area contributed by atoms with Gasteiger partial charge in [0.2, 0.25) is 23.5 Å². The number of aliphatic carboxylic acids is 1. The molecule has 2 amide bonds. The van der Waals surface area contributed by atoms with Crippen LogP contribution in [0, 0.1) is 0 Å². The number of carbonyl (C=O) groups excluding carboxylic acids is 2. The Morgan fingerprint density at radius 3 is 2.77 bits per heavy atom. The first kappa shape index (κ1) is 19.2. The van der Waals surface area contributed by atoms with Gasteiger partial charge in [0.1, 0.15) is 12.3 Å². The molecule has 2 aromatic heterocycles. The summed E-state index contributed by atoms with van der Waals surface area (Å²) in [6.45, 7) is 3.03. The van der Waals surface area contributed by atoms with Crippen LogP contribution in [0.1, 0.15) is 26.2 Å². The number of rotatable bonds is 9. The SMILES string of the molecule is CC(=O)NCCN(C(=O)CCc1nc(-c2ccoc2)no1)C(C)C(=O)O. The molecule has 0 aliphatic carbocycles. The lowest BCUT2D eigenvalue weighted by Crippen LogP contribution is -2.46. The van der Waals surface area contributed by atoms with E-state index in [-0.39, 0.29) is 43.6 Å². The highest BCUT2D eigenvalue weighted by molar-refractivity contribution is 5.83. The lowest BCUT2D eigenvalue weighted by molar-refractivity contribution is -0.149. The average molecular weight is 364 g/mol. The number of nitrogens with zero attached hydrogens (tertiary/aromatic N) is 3. The van der Waals surface area contributed by atoms with Crippen molar-refractivity contribution in [2.24, 2.45) is 0 Å². The highest BCUT2D eigenvalue weighted by atomic mass is 16.5. The molecule has 10 nitrogen and oxygen atoms in total. The number of carboxylic acids is 1. The zero-order valence-corrected chi connectivity index (χ0v) is 14.5. The minimum Gasteiger partial charge on any atom is -0.480 e. The Hall–Kier alpha value is -3.17. The van der Waals surface area contributed by atoms with Crippen molar-refractivity contribution in [3.63, 3.8) is 0 Å². The van der Waals surface area contributed by atoms with E-state index in [2.05, 4.69) is 15.5 Å². The van der Waals surface area contributed by atoms with Crippen LogP contribution in [0.25, 0.3) is 11.4 Å². The maximum absolute atomic E-state index is 12.4. The van der Waals surface area contributed by atoms with E-state index in [9.17, 15) is 19.5 Å². The van der Waals surface area contributed by atoms with Crippen LogP contribution in [0.15, 0.2) is 27.5 Å². The topological polar surface area (TPSA) is 139 Å². The zero-order chi connectivity index (χ0) is 19.1. The van der Waals surface area contributed by atoms with Gasteiger partial charge >= 0.3 is 5.97 Å².